The normalized spacial score (nSPS) is 12.1. The van der Waals surface area contributed by atoms with Crippen molar-refractivity contribution in [3.05, 3.63) is 106 Å². The van der Waals surface area contributed by atoms with Crippen LogP contribution in [0.15, 0.2) is 72.8 Å². The van der Waals surface area contributed by atoms with E-state index in [2.05, 4.69) is 31.9 Å². The number of carboxylic acid groups (broad SMARTS) is 2. The average molecular weight is 941 g/mol. The van der Waals surface area contributed by atoms with Gasteiger partial charge in [-0.15, -0.1) is 0 Å². The molecule has 8 N–H and O–H groups in total. The van der Waals surface area contributed by atoms with Crippen molar-refractivity contribution in [3.8, 4) is 0 Å². The summed E-state index contributed by atoms with van der Waals surface area (Å²) in [6, 6.07) is 10.4. The minimum atomic E-state index is -4.54. The van der Waals surface area contributed by atoms with Gasteiger partial charge in [0.25, 0.3) is 11.8 Å². The van der Waals surface area contributed by atoms with Gasteiger partial charge in [-0.05, 0) is 92.1 Å². The van der Waals surface area contributed by atoms with Crippen LogP contribution < -0.4 is 31.9 Å². The van der Waals surface area contributed by atoms with Crippen LogP contribution in [0.25, 0.3) is 0 Å². The number of hydrogen-bond donors (Lipinski definition) is 8. The first-order chi connectivity index (χ1) is 31.1. The number of hydrogen-bond acceptors (Lipinski definition) is 10. The highest BCUT2D eigenvalue weighted by atomic mass is 19.4. The SMILES string of the molecule is O=C(CNC(=O)c1cccc(C(=O)NCC(=O)NCCCCC(NC(=O)OCc2ccc(C(F)(F)F)cc2)C(=O)O)c1)NCCCCC(NC(=O)OCc1ccc(C(F)(F)F)cc1)C(=O)O. The highest BCUT2D eigenvalue weighted by Crippen LogP contribution is 2.30. The lowest BCUT2D eigenvalue weighted by molar-refractivity contribution is -0.140. The Morgan fingerprint density at radius 2 is 0.879 bits per heavy atom. The molecular formula is C42H46F6N6O12. The first kappa shape index (κ1) is 52.9. The molecule has 0 heterocycles. The summed E-state index contributed by atoms with van der Waals surface area (Å²) in [5.41, 5.74) is -1.23. The molecule has 2 atom stereocenters. The van der Waals surface area contributed by atoms with E-state index in [0.29, 0.717) is 0 Å². The van der Waals surface area contributed by atoms with E-state index in [4.69, 9.17) is 9.47 Å². The van der Waals surface area contributed by atoms with Gasteiger partial charge in [0.05, 0.1) is 24.2 Å². The van der Waals surface area contributed by atoms with Gasteiger partial charge in [-0.25, -0.2) is 19.2 Å². The predicted octanol–water partition coefficient (Wildman–Crippen LogP) is 4.52. The first-order valence-corrected chi connectivity index (χ1v) is 20.0. The van der Waals surface area contributed by atoms with E-state index in [1.807, 2.05) is 0 Å². The van der Waals surface area contributed by atoms with Crippen LogP contribution in [0.1, 0.15) is 81.5 Å². The Morgan fingerprint density at radius 3 is 1.21 bits per heavy atom. The van der Waals surface area contributed by atoms with Gasteiger partial charge in [0, 0.05) is 24.2 Å². The molecular weight excluding hydrogens is 894 g/mol. The maximum absolute atomic E-state index is 12.7. The summed E-state index contributed by atoms with van der Waals surface area (Å²) >= 11 is 0. The lowest BCUT2D eigenvalue weighted by atomic mass is 10.1. The zero-order valence-corrected chi connectivity index (χ0v) is 34.8. The zero-order chi connectivity index (χ0) is 48.9. The molecule has 2 unspecified atom stereocenters. The van der Waals surface area contributed by atoms with E-state index in [0.717, 1.165) is 48.5 Å². The number of rotatable bonds is 24. The van der Waals surface area contributed by atoms with E-state index in [1.54, 1.807) is 0 Å². The summed E-state index contributed by atoms with van der Waals surface area (Å²) in [5, 5.41) is 33.1. The quantitative estimate of drug-likeness (QED) is 0.0456. The maximum Gasteiger partial charge on any atom is 0.416 e. The monoisotopic (exact) mass is 940 g/mol. The fraction of sp³-hybridized carbons (Fsp3) is 0.381. The third kappa shape index (κ3) is 19.6. The Kier molecular flexibility index (Phi) is 20.7. The van der Waals surface area contributed by atoms with Crippen molar-refractivity contribution in [1.29, 1.82) is 0 Å². The van der Waals surface area contributed by atoms with Crippen molar-refractivity contribution >= 4 is 47.8 Å². The Labute approximate surface area is 372 Å². The molecule has 0 saturated carbocycles. The molecule has 0 spiro atoms. The van der Waals surface area contributed by atoms with E-state index in [-0.39, 0.29) is 73.9 Å². The second-order valence-electron chi connectivity index (χ2n) is 14.2. The number of benzene rings is 3. The highest BCUT2D eigenvalue weighted by Gasteiger charge is 2.31. The topological polar surface area (TPSA) is 268 Å². The minimum Gasteiger partial charge on any atom is -0.480 e. The third-order valence-electron chi connectivity index (χ3n) is 9.17. The number of nitrogens with one attached hydrogen (secondary N) is 6. The number of unbranched alkanes of at least 4 members (excludes halogenated alkanes) is 2. The van der Waals surface area contributed by atoms with Crippen LogP contribution in [-0.2, 0) is 54.2 Å². The lowest BCUT2D eigenvalue weighted by Crippen LogP contribution is -2.41. The first-order valence-electron chi connectivity index (χ1n) is 20.0. The van der Waals surface area contributed by atoms with Crippen molar-refractivity contribution in [2.75, 3.05) is 26.2 Å². The smallest absolute Gasteiger partial charge is 0.416 e. The fourth-order valence-corrected chi connectivity index (χ4v) is 5.61. The number of alkyl carbamates (subject to hydrolysis) is 2. The predicted molar refractivity (Wildman–Crippen MR) is 217 cm³/mol. The molecule has 0 saturated heterocycles. The van der Waals surface area contributed by atoms with E-state index in [9.17, 15) is 74.9 Å². The summed E-state index contributed by atoms with van der Waals surface area (Å²) in [5.74, 6) is -5.30. The van der Waals surface area contributed by atoms with Gasteiger partial charge in [0.2, 0.25) is 11.8 Å². The van der Waals surface area contributed by atoms with Gasteiger partial charge in [-0.2, -0.15) is 26.3 Å². The van der Waals surface area contributed by atoms with Crippen molar-refractivity contribution in [2.45, 2.75) is 76.2 Å². The third-order valence-corrected chi connectivity index (χ3v) is 9.17. The molecule has 0 aliphatic rings. The molecule has 3 aromatic carbocycles. The van der Waals surface area contributed by atoms with Crippen LogP contribution in [0, 0.1) is 0 Å². The zero-order valence-electron chi connectivity index (χ0n) is 34.8. The van der Waals surface area contributed by atoms with Crippen LogP contribution in [0.4, 0.5) is 35.9 Å². The lowest BCUT2D eigenvalue weighted by Gasteiger charge is -2.15. The molecule has 358 valence electrons. The van der Waals surface area contributed by atoms with Gasteiger partial charge in [-0.1, -0.05) is 30.3 Å². The highest BCUT2D eigenvalue weighted by molar-refractivity contribution is 6.01. The number of aliphatic carboxylic acids is 2. The number of ether oxygens (including phenoxy) is 2. The van der Waals surface area contributed by atoms with Crippen molar-refractivity contribution in [3.63, 3.8) is 0 Å². The Balaban J connectivity index is 1.28. The molecule has 0 bridgehead atoms. The van der Waals surface area contributed by atoms with Crippen LogP contribution in [0.5, 0.6) is 0 Å². The molecule has 24 heteroatoms. The van der Waals surface area contributed by atoms with Gasteiger partial charge < -0.3 is 51.6 Å². The molecule has 6 amide bonds. The van der Waals surface area contributed by atoms with Gasteiger partial charge >= 0.3 is 36.5 Å². The summed E-state index contributed by atoms with van der Waals surface area (Å²) in [6.45, 7) is -1.52. The summed E-state index contributed by atoms with van der Waals surface area (Å²) in [7, 11) is 0. The second-order valence-corrected chi connectivity index (χ2v) is 14.2. The Morgan fingerprint density at radius 1 is 0.515 bits per heavy atom. The van der Waals surface area contributed by atoms with Crippen LogP contribution >= 0.6 is 0 Å². The molecule has 0 fully saturated rings. The van der Waals surface area contributed by atoms with E-state index in [1.165, 1.54) is 24.3 Å². The van der Waals surface area contributed by atoms with Crippen molar-refractivity contribution in [2.24, 2.45) is 0 Å². The average Bonchev–Trinajstić information content (AvgIpc) is 3.27. The van der Waals surface area contributed by atoms with Crippen LogP contribution in [0.2, 0.25) is 0 Å². The minimum absolute atomic E-state index is 0.0200. The van der Waals surface area contributed by atoms with Crippen LogP contribution in [0.3, 0.4) is 0 Å². The Bertz CT molecular complexity index is 2010. The van der Waals surface area contributed by atoms with Crippen molar-refractivity contribution < 1.29 is 84.4 Å². The molecule has 0 aliphatic carbocycles. The summed E-state index contributed by atoms with van der Waals surface area (Å²) < 4.78 is 86.1. The summed E-state index contributed by atoms with van der Waals surface area (Å²) in [4.78, 5) is 97.3. The molecule has 18 nitrogen and oxygen atoms in total. The fourth-order valence-electron chi connectivity index (χ4n) is 5.61. The number of carbonyl (C=O) groups excluding carboxylic acids is 6. The molecule has 3 rings (SSSR count). The number of amides is 6. The van der Waals surface area contributed by atoms with Gasteiger partial charge in [0.1, 0.15) is 25.3 Å². The van der Waals surface area contributed by atoms with Crippen molar-refractivity contribution in [1.82, 2.24) is 31.9 Å². The van der Waals surface area contributed by atoms with Gasteiger partial charge in [0.15, 0.2) is 0 Å². The standard InChI is InChI=1S/C42H46F6N6O12/c43-41(44,45)29-14-10-25(11-15-29)23-65-39(63)53-31(37(59)60)8-1-3-18-49-33(55)21-51-35(57)27-6-5-7-28(20-27)36(58)52-22-34(56)50-19-4-2-9-32(38(61)62)54-40(64)66-24-26-12-16-30(17-13-26)42(46,47)48/h5-7,10-17,20,31-32H,1-4,8-9,18-19,21-24H2,(H,49,55)(H,50,56)(H,51,57)(H,52,58)(H,53,63)(H,54,64)(H,59,60)(H,61,62). The largest absolute Gasteiger partial charge is 0.480 e. The molecule has 66 heavy (non-hydrogen) atoms. The summed E-state index contributed by atoms with van der Waals surface area (Å²) in [6.07, 6.45) is -10.3. The number of halogens is 6. The van der Waals surface area contributed by atoms with E-state index >= 15 is 0 Å². The molecule has 0 radical (unpaired) electrons. The number of carboxylic acids is 2. The number of alkyl halides is 6. The molecule has 0 aromatic heterocycles. The maximum atomic E-state index is 12.7. The second kappa shape index (κ2) is 25.8. The molecule has 0 aliphatic heterocycles. The van der Waals surface area contributed by atoms with E-state index < -0.39 is 110 Å². The Hall–Kier alpha value is -7.40. The van der Waals surface area contributed by atoms with Crippen LogP contribution in [-0.4, -0.2) is 96.2 Å². The number of carbonyl (C=O) groups is 8. The van der Waals surface area contributed by atoms with Gasteiger partial charge in [-0.3, -0.25) is 19.2 Å². The molecule has 3 aromatic rings.